The molecule has 0 aromatic heterocycles. The number of amides is 1. The topological polar surface area (TPSA) is 46.3 Å². The minimum atomic E-state index is 0.0497. The van der Waals surface area contributed by atoms with Crippen LogP contribution in [0.15, 0.2) is 42.5 Å². The maximum Gasteiger partial charge on any atom is 0.253 e. The molecule has 2 aromatic rings. The van der Waals surface area contributed by atoms with Gasteiger partial charge in [0.25, 0.3) is 5.91 Å². The maximum absolute atomic E-state index is 12.3. The van der Waals surface area contributed by atoms with Crippen molar-refractivity contribution in [1.82, 2.24) is 4.90 Å². The van der Waals surface area contributed by atoms with Crippen LogP contribution in [-0.4, -0.2) is 30.4 Å². The average Bonchev–Trinajstić information content (AvgIpc) is 2.43. The van der Waals surface area contributed by atoms with E-state index in [9.17, 15) is 4.79 Å². The van der Waals surface area contributed by atoms with E-state index in [2.05, 4.69) is 0 Å². The molecular formula is C15H18N2O. The van der Waals surface area contributed by atoms with Gasteiger partial charge in [-0.15, -0.1) is 0 Å². The lowest BCUT2D eigenvalue weighted by Gasteiger charge is -2.20. The van der Waals surface area contributed by atoms with Crippen molar-refractivity contribution in [3.63, 3.8) is 0 Å². The number of fused-ring (bicyclic) bond motifs is 1. The molecule has 3 heteroatoms. The van der Waals surface area contributed by atoms with Crippen LogP contribution in [0.1, 0.15) is 17.3 Å². The predicted molar refractivity (Wildman–Crippen MR) is 74.6 cm³/mol. The van der Waals surface area contributed by atoms with Crippen molar-refractivity contribution in [3.05, 3.63) is 48.0 Å². The summed E-state index contributed by atoms with van der Waals surface area (Å²) in [5.41, 5.74) is 6.24. The summed E-state index contributed by atoms with van der Waals surface area (Å²) >= 11 is 0. The Morgan fingerprint density at radius 3 is 2.56 bits per heavy atom. The Bertz CT molecular complexity index is 551. The zero-order valence-corrected chi connectivity index (χ0v) is 10.6. The highest BCUT2D eigenvalue weighted by molar-refractivity contribution is 5.98. The molecule has 0 saturated heterocycles. The maximum atomic E-state index is 12.3. The van der Waals surface area contributed by atoms with Gasteiger partial charge in [-0.25, -0.2) is 0 Å². The Labute approximate surface area is 107 Å². The van der Waals surface area contributed by atoms with Gasteiger partial charge in [0.05, 0.1) is 0 Å². The largest absolute Gasteiger partial charge is 0.338 e. The van der Waals surface area contributed by atoms with E-state index in [0.29, 0.717) is 19.6 Å². The third-order valence-corrected chi connectivity index (χ3v) is 3.06. The molecule has 0 atom stereocenters. The number of hydrogen-bond acceptors (Lipinski definition) is 2. The quantitative estimate of drug-likeness (QED) is 0.894. The van der Waals surface area contributed by atoms with E-state index in [-0.39, 0.29) is 5.91 Å². The van der Waals surface area contributed by atoms with Crippen molar-refractivity contribution in [3.8, 4) is 0 Å². The van der Waals surface area contributed by atoms with Crippen molar-refractivity contribution in [1.29, 1.82) is 0 Å². The van der Waals surface area contributed by atoms with Gasteiger partial charge in [-0.3, -0.25) is 4.79 Å². The summed E-state index contributed by atoms with van der Waals surface area (Å²) in [5, 5.41) is 2.24. The number of rotatable bonds is 4. The van der Waals surface area contributed by atoms with Gasteiger partial charge < -0.3 is 10.6 Å². The van der Waals surface area contributed by atoms with Gasteiger partial charge in [0, 0.05) is 25.2 Å². The van der Waals surface area contributed by atoms with E-state index in [1.54, 1.807) is 4.90 Å². The standard InChI is InChI=1S/C15H18N2O/c1-2-17(10-9-16)15(18)14-8-7-12-5-3-4-6-13(12)11-14/h3-8,11H,2,9-10,16H2,1H3. The van der Waals surface area contributed by atoms with Crippen LogP contribution in [-0.2, 0) is 0 Å². The lowest BCUT2D eigenvalue weighted by Crippen LogP contribution is -2.35. The second-order valence-corrected chi connectivity index (χ2v) is 4.24. The van der Waals surface area contributed by atoms with Crippen LogP contribution in [0.25, 0.3) is 10.8 Å². The van der Waals surface area contributed by atoms with Crippen LogP contribution in [0.3, 0.4) is 0 Å². The lowest BCUT2D eigenvalue weighted by molar-refractivity contribution is 0.0769. The molecule has 0 aliphatic heterocycles. The first kappa shape index (κ1) is 12.6. The van der Waals surface area contributed by atoms with Crippen molar-refractivity contribution in [2.45, 2.75) is 6.92 Å². The van der Waals surface area contributed by atoms with Gasteiger partial charge in [-0.2, -0.15) is 0 Å². The fourth-order valence-corrected chi connectivity index (χ4v) is 2.06. The Kier molecular flexibility index (Phi) is 3.95. The third kappa shape index (κ3) is 2.51. The van der Waals surface area contributed by atoms with Crippen LogP contribution >= 0.6 is 0 Å². The highest BCUT2D eigenvalue weighted by Crippen LogP contribution is 2.16. The number of nitrogens with two attached hydrogens (primary N) is 1. The zero-order chi connectivity index (χ0) is 13.0. The molecule has 0 fully saturated rings. The molecule has 94 valence electrons. The van der Waals surface area contributed by atoms with Crippen LogP contribution in [0.2, 0.25) is 0 Å². The van der Waals surface area contributed by atoms with E-state index in [4.69, 9.17) is 5.73 Å². The molecule has 0 aliphatic carbocycles. The van der Waals surface area contributed by atoms with Gasteiger partial charge in [0.15, 0.2) is 0 Å². The molecule has 0 aliphatic rings. The smallest absolute Gasteiger partial charge is 0.253 e. The molecule has 18 heavy (non-hydrogen) atoms. The summed E-state index contributed by atoms with van der Waals surface area (Å²) in [4.78, 5) is 14.0. The molecule has 0 heterocycles. The van der Waals surface area contributed by atoms with E-state index in [0.717, 1.165) is 16.3 Å². The monoisotopic (exact) mass is 242 g/mol. The van der Waals surface area contributed by atoms with Gasteiger partial charge in [0.2, 0.25) is 0 Å². The van der Waals surface area contributed by atoms with Crippen molar-refractivity contribution >= 4 is 16.7 Å². The summed E-state index contributed by atoms with van der Waals surface area (Å²) in [7, 11) is 0. The predicted octanol–water partition coefficient (Wildman–Crippen LogP) is 2.26. The molecule has 0 radical (unpaired) electrons. The summed E-state index contributed by atoms with van der Waals surface area (Å²) < 4.78 is 0. The third-order valence-electron chi connectivity index (χ3n) is 3.06. The van der Waals surface area contributed by atoms with Crippen LogP contribution in [0, 0.1) is 0 Å². The van der Waals surface area contributed by atoms with Crippen molar-refractivity contribution < 1.29 is 4.79 Å². The number of benzene rings is 2. The fourth-order valence-electron chi connectivity index (χ4n) is 2.06. The number of likely N-dealkylation sites (N-methyl/N-ethyl adjacent to an activating group) is 1. The Morgan fingerprint density at radius 2 is 1.89 bits per heavy atom. The Balaban J connectivity index is 2.32. The molecule has 0 bridgehead atoms. The molecule has 0 spiro atoms. The Morgan fingerprint density at radius 1 is 1.17 bits per heavy atom. The lowest BCUT2D eigenvalue weighted by atomic mass is 10.1. The first-order valence-corrected chi connectivity index (χ1v) is 6.24. The minimum absolute atomic E-state index is 0.0497. The second-order valence-electron chi connectivity index (χ2n) is 4.24. The zero-order valence-electron chi connectivity index (χ0n) is 10.6. The number of nitrogens with zero attached hydrogens (tertiary/aromatic N) is 1. The second kappa shape index (κ2) is 5.65. The fraction of sp³-hybridized carbons (Fsp3) is 0.267. The molecule has 0 saturated carbocycles. The molecule has 0 unspecified atom stereocenters. The SMILES string of the molecule is CCN(CCN)C(=O)c1ccc2ccccc2c1. The van der Waals surface area contributed by atoms with E-state index in [1.807, 2.05) is 49.4 Å². The number of carbonyl (C=O) groups excluding carboxylic acids is 1. The molecule has 3 nitrogen and oxygen atoms in total. The molecule has 1 amide bonds. The normalized spacial score (nSPS) is 10.6. The van der Waals surface area contributed by atoms with Gasteiger partial charge in [0.1, 0.15) is 0 Å². The van der Waals surface area contributed by atoms with Crippen LogP contribution < -0.4 is 5.73 Å². The van der Waals surface area contributed by atoms with Gasteiger partial charge in [-0.1, -0.05) is 30.3 Å². The van der Waals surface area contributed by atoms with Gasteiger partial charge >= 0.3 is 0 Å². The van der Waals surface area contributed by atoms with E-state index < -0.39 is 0 Å². The first-order valence-electron chi connectivity index (χ1n) is 6.24. The Hall–Kier alpha value is -1.87. The van der Waals surface area contributed by atoms with Gasteiger partial charge in [-0.05, 0) is 29.8 Å². The number of hydrogen-bond donors (Lipinski definition) is 1. The molecule has 2 rings (SSSR count). The molecule has 2 N–H and O–H groups in total. The molecule has 2 aromatic carbocycles. The van der Waals surface area contributed by atoms with E-state index in [1.165, 1.54) is 0 Å². The van der Waals surface area contributed by atoms with Crippen molar-refractivity contribution in [2.24, 2.45) is 5.73 Å². The summed E-state index contributed by atoms with van der Waals surface area (Å²) in [6.45, 7) is 3.74. The van der Waals surface area contributed by atoms with E-state index >= 15 is 0 Å². The average molecular weight is 242 g/mol. The van der Waals surface area contributed by atoms with Crippen molar-refractivity contribution in [2.75, 3.05) is 19.6 Å². The summed E-state index contributed by atoms with van der Waals surface area (Å²) in [5.74, 6) is 0.0497. The summed E-state index contributed by atoms with van der Waals surface area (Å²) in [6.07, 6.45) is 0. The minimum Gasteiger partial charge on any atom is -0.338 e. The molecular weight excluding hydrogens is 224 g/mol. The first-order chi connectivity index (χ1) is 8.76. The number of carbonyl (C=O) groups is 1. The van der Waals surface area contributed by atoms with Crippen LogP contribution in [0.5, 0.6) is 0 Å². The highest BCUT2D eigenvalue weighted by atomic mass is 16.2. The highest BCUT2D eigenvalue weighted by Gasteiger charge is 2.13. The van der Waals surface area contributed by atoms with Crippen LogP contribution in [0.4, 0.5) is 0 Å². The summed E-state index contributed by atoms with van der Waals surface area (Å²) in [6, 6.07) is 13.8.